The van der Waals surface area contributed by atoms with Gasteiger partial charge in [0.05, 0.1) is 25.4 Å². The van der Waals surface area contributed by atoms with Crippen LogP contribution in [0, 0.1) is 0 Å². The van der Waals surface area contributed by atoms with Crippen LogP contribution in [0.4, 0.5) is 5.69 Å². The maximum absolute atomic E-state index is 13.0. The Bertz CT molecular complexity index is 840. The van der Waals surface area contributed by atoms with Gasteiger partial charge in [0.2, 0.25) is 0 Å². The molecule has 4 rings (SSSR count). The van der Waals surface area contributed by atoms with E-state index in [1.54, 1.807) is 4.90 Å². The minimum atomic E-state index is -0.593. The van der Waals surface area contributed by atoms with Crippen molar-refractivity contribution in [3.63, 3.8) is 0 Å². The SMILES string of the molecule is O=C([C@@H]1CN(C(=S)NCc2ccccc2)c2ccccc2O1)N1CCOCC1. The number of morpholine rings is 1. The van der Waals surface area contributed by atoms with Gasteiger partial charge < -0.3 is 24.6 Å². The molecule has 1 fully saturated rings. The molecule has 28 heavy (non-hydrogen) atoms. The fourth-order valence-corrected chi connectivity index (χ4v) is 3.66. The van der Waals surface area contributed by atoms with Crippen LogP contribution in [0.3, 0.4) is 0 Å². The van der Waals surface area contributed by atoms with Crippen LogP contribution < -0.4 is 15.0 Å². The molecule has 0 radical (unpaired) electrons. The molecule has 2 aromatic carbocycles. The number of benzene rings is 2. The normalized spacial score (nSPS) is 18.8. The Morgan fingerprint density at radius 3 is 2.57 bits per heavy atom. The van der Waals surface area contributed by atoms with Crippen LogP contribution in [0.1, 0.15) is 5.56 Å². The third kappa shape index (κ3) is 4.10. The molecule has 2 aromatic rings. The first-order valence-electron chi connectivity index (χ1n) is 9.44. The number of rotatable bonds is 3. The maximum atomic E-state index is 13.0. The average Bonchev–Trinajstić information content (AvgIpc) is 2.77. The lowest BCUT2D eigenvalue weighted by atomic mass is 10.1. The van der Waals surface area contributed by atoms with Crippen molar-refractivity contribution >= 4 is 28.9 Å². The highest BCUT2D eigenvalue weighted by Crippen LogP contribution is 2.33. The second-order valence-electron chi connectivity index (χ2n) is 6.77. The number of amides is 1. The van der Waals surface area contributed by atoms with Gasteiger partial charge in [-0.15, -0.1) is 0 Å². The summed E-state index contributed by atoms with van der Waals surface area (Å²) < 4.78 is 11.4. The van der Waals surface area contributed by atoms with E-state index in [4.69, 9.17) is 21.7 Å². The Kier molecular flexibility index (Phi) is 5.73. The summed E-state index contributed by atoms with van der Waals surface area (Å²) in [6.45, 7) is 3.33. The second kappa shape index (κ2) is 8.58. The smallest absolute Gasteiger partial charge is 0.265 e. The summed E-state index contributed by atoms with van der Waals surface area (Å²) in [5, 5.41) is 3.89. The Morgan fingerprint density at radius 1 is 1.07 bits per heavy atom. The highest BCUT2D eigenvalue weighted by atomic mass is 32.1. The Balaban J connectivity index is 1.50. The van der Waals surface area contributed by atoms with Crippen LogP contribution >= 0.6 is 12.2 Å². The molecule has 7 heteroatoms. The molecule has 2 heterocycles. The molecule has 2 aliphatic heterocycles. The molecule has 0 aromatic heterocycles. The van der Waals surface area contributed by atoms with E-state index in [-0.39, 0.29) is 5.91 Å². The third-order valence-corrected chi connectivity index (χ3v) is 5.27. The van der Waals surface area contributed by atoms with Gasteiger partial charge in [0, 0.05) is 19.6 Å². The van der Waals surface area contributed by atoms with Crippen molar-refractivity contribution in [1.82, 2.24) is 10.2 Å². The zero-order valence-corrected chi connectivity index (χ0v) is 16.4. The van der Waals surface area contributed by atoms with Crippen molar-refractivity contribution in [2.24, 2.45) is 0 Å². The van der Waals surface area contributed by atoms with Crippen molar-refractivity contribution < 1.29 is 14.3 Å². The number of carbonyl (C=O) groups excluding carboxylic acids is 1. The largest absolute Gasteiger partial charge is 0.476 e. The molecule has 6 nitrogen and oxygen atoms in total. The number of ether oxygens (including phenoxy) is 2. The number of nitrogens with zero attached hydrogens (tertiary/aromatic N) is 2. The van der Waals surface area contributed by atoms with Crippen molar-refractivity contribution in [1.29, 1.82) is 0 Å². The lowest BCUT2D eigenvalue weighted by Gasteiger charge is -2.38. The number of thiocarbonyl (C=S) groups is 1. The molecule has 146 valence electrons. The topological polar surface area (TPSA) is 54.0 Å². The third-order valence-electron chi connectivity index (χ3n) is 4.90. The van der Waals surface area contributed by atoms with Gasteiger partial charge in [0.1, 0.15) is 5.75 Å². The van der Waals surface area contributed by atoms with Crippen LogP contribution in [-0.4, -0.2) is 54.9 Å². The number of hydrogen-bond acceptors (Lipinski definition) is 4. The quantitative estimate of drug-likeness (QED) is 0.802. The molecule has 1 saturated heterocycles. The van der Waals surface area contributed by atoms with Crippen molar-refractivity contribution in [2.45, 2.75) is 12.6 Å². The highest BCUT2D eigenvalue weighted by molar-refractivity contribution is 7.80. The van der Waals surface area contributed by atoms with E-state index in [0.29, 0.717) is 50.3 Å². The number of anilines is 1. The van der Waals surface area contributed by atoms with Crippen LogP contribution in [0.15, 0.2) is 54.6 Å². The monoisotopic (exact) mass is 397 g/mol. The number of nitrogens with one attached hydrogen (secondary N) is 1. The highest BCUT2D eigenvalue weighted by Gasteiger charge is 2.35. The van der Waals surface area contributed by atoms with Gasteiger partial charge in [0.25, 0.3) is 5.91 Å². The van der Waals surface area contributed by atoms with Crippen LogP contribution in [0.25, 0.3) is 0 Å². The molecule has 1 amide bonds. The molecular formula is C21H23N3O3S. The second-order valence-corrected chi connectivity index (χ2v) is 7.15. The molecule has 0 saturated carbocycles. The van der Waals surface area contributed by atoms with Gasteiger partial charge >= 0.3 is 0 Å². The fourth-order valence-electron chi connectivity index (χ4n) is 3.41. The molecular weight excluding hydrogens is 374 g/mol. The average molecular weight is 398 g/mol. The van der Waals surface area contributed by atoms with E-state index in [2.05, 4.69) is 5.32 Å². The van der Waals surface area contributed by atoms with Gasteiger partial charge in [-0.25, -0.2) is 0 Å². The first kappa shape index (κ1) is 18.7. The van der Waals surface area contributed by atoms with E-state index in [9.17, 15) is 4.79 Å². The first-order valence-corrected chi connectivity index (χ1v) is 9.85. The standard InChI is InChI=1S/C21H23N3O3S/c25-20(23-10-12-26-13-11-23)19-15-24(17-8-4-5-9-18(17)27-19)21(28)22-14-16-6-2-1-3-7-16/h1-9,19H,10-15H2,(H,22,28)/t19-/m0/s1. The summed E-state index contributed by atoms with van der Waals surface area (Å²) in [5.41, 5.74) is 2.02. The predicted octanol–water partition coefficient (Wildman–Crippen LogP) is 2.19. The Labute approximate surface area is 170 Å². The van der Waals surface area contributed by atoms with Gasteiger partial charge in [-0.3, -0.25) is 4.79 Å². The summed E-state index contributed by atoms with van der Waals surface area (Å²) >= 11 is 5.66. The molecule has 1 atom stereocenters. The summed E-state index contributed by atoms with van der Waals surface area (Å²) in [6, 6.07) is 17.8. The maximum Gasteiger partial charge on any atom is 0.265 e. The molecule has 0 aliphatic carbocycles. The first-order chi connectivity index (χ1) is 13.7. The Morgan fingerprint density at radius 2 is 1.79 bits per heavy atom. The van der Waals surface area contributed by atoms with E-state index in [0.717, 1.165) is 11.3 Å². The van der Waals surface area contributed by atoms with E-state index in [1.807, 2.05) is 59.5 Å². The minimum absolute atomic E-state index is 0.0198. The van der Waals surface area contributed by atoms with Gasteiger partial charge in [-0.1, -0.05) is 42.5 Å². The molecule has 0 unspecified atom stereocenters. The van der Waals surface area contributed by atoms with Gasteiger partial charge in [0.15, 0.2) is 11.2 Å². The number of carbonyl (C=O) groups is 1. The lowest BCUT2D eigenvalue weighted by Crippen LogP contribution is -2.55. The molecule has 0 bridgehead atoms. The molecule has 0 spiro atoms. The van der Waals surface area contributed by atoms with E-state index in [1.165, 1.54) is 0 Å². The zero-order chi connectivity index (χ0) is 19.3. The number of hydrogen-bond donors (Lipinski definition) is 1. The minimum Gasteiger partial charge on any atom is -0.476 e. The van der Waals surface area contributed by atoms with Crippen molar-refractivity contribution in [3.05, 3.63) is 60.2 Å². The zero-order valence-electron chi connectivity index (χ0n) is 15.5. The predicted molar refractivity (Wildman–Crippen MR) is 111 cm³/mol. The van der Waals surface area contributed by atoms with E-state index >= 15 is 0 Å². The van der Waals surface area contributed by atoms with Crippen LogP contribution in [0.5, 0.6) is 5.75 Å². The lowest BCUT2D eigenvalue weighted by molar-refractivity contribution is -0.142. The molecule has 2 aliphatic rings. The van der Waals surface area contributed by atoms with Crippen molar-refractivity contribution in [2.75, 3.05) is 37.7 Å². The van der Waals surface area contributed by atoms with E-state index < -0.39 is 6.10 Å². The summed E-state index contributed by atoms with van der Waals surface area (Å²) in [6.07, 6.45) is -0.593. The number of fused-ring (bicyclic) bond motifs is 1. The van der Waals surface area contributed by atoms with Crippen LogP contribution in [-0.2, 0) is 16.1 Å². The summed E-state index contributed by atoms with van der Waals surface area (Å²) in [4.78, 5) is 16.7. The van der Waals surface area contributed by atoms with Gasteiger partial charge in [-0.05, 0) is 29.9 Å². The summed E-state index contributed by atoms with van der Waals surface area (Å²) in [5.74, 6) is 0.651. The number of para-hydroxylation sites is 2. The van der Waals surface area contributed by atoms with Crippen LogP contribution in [0.2, 0.25) is 0 Å². The van der Waals surface area contributed by atoms with Gasteiger partial charge in [-0.2, -0.15) is 0 Å². The Hall–Kier alpha value is -2.64. The molecule has 1 N–H and O–H groups in total. The van der Waals surface area contributed by atoms with Crippen molar-refractivity contribution in [3.8, 4) is 5.75 Å². The summed E-state index contributed by atoms with van der Waals surface area (Å²) in [7, 11) is 0. The fraction of sp³-hybridized carbons (Fsp3) is 0.333.